The summed E-state index contributed by atoms with van der Waals surface area (Å²) in [6.07, 6.45) is -0.305. The summed E-state index contributed by atoms with van der Waals surface area (Å²) < 4.78 is 4.89. The molecule has 0 N–H and O–H groups in total. The maximum absolute atomic E-state index is 11.6. The second-order valence-corrected chi connectivity index (χ2v) is 6.08. The van der Waals surface area contributed by atoms with E-state index >= 15 is 0 Å². The molecular formula is C14H18NNaO3Se. The summed E-state index contributed by atoms with van der Waals surface area (Å²) in [7, 11) is 0. The summed E-state index contributed by atoms with van der Waals surface area (Å²) in [5.74, 6) is 0. The molecule has 0 saturated carbocycles. The first-order valence-electron chi connectivity index (χ1n) is 5.98. The van der Waals surface area contributed by atoms with E-state index in [1.165, 1.54) is 0 Å². The predicted octanol–water partition coefficient (Wildman–Crippen LogP) is -2.44. The molecule has 0 saturated heterocycles. The third-order valence-corrected chi connectivity index (χ3v) is 2.84. The van der Waals surface area contributed by atoms with Crippen molar-refractivity contribution in [1.82, 2.24) is 0 Å². The Morgan fingerprint density at radius 3 is 2.35 bits per heavy atom. The second kappa shape index (κ2) is 8.85. The summed E-state index contributed by atoms with van der Waals surface area (Å²) in [6, 6.07) is 8.75. The molecule has 104 valence electrons. The van der Waals surface area contributed by atoms with Crippen LogP contribution in [0.25, 0.3) is 0 Å². The minimum atomic E-state index is -0.711. The molecule has 0 radical (unpaired) electrons. The second-order valence-electron chi connectivity index (χ2n) is 5.15. The molecule has 0 aliphatic carbocycles. The molecule has 0 aliphatic heterocycles. The van der Waals surface area contributed by atoms with E-state index in [9.17, 15) is 9.90 Å². The Hall–Kier alpha value is -0.321. The number of aliphatic imine (C=N–C) groups is 1. The number of nitrogens with zero attached hydrogens (tertiary/aromatic N) is 1. The van der Waals surface area contributed by atoms with Gasteiger partial charge in [0, 0.05) is 0 Å². The van der Waals surface area contributed by atoms with Gasteiger partial charge in [0.2, 0.25) is 0 Å². The summed E-state index contributed by atoms with van der Waals surface area (Å²) in [5, 5.41) is 11.6. The van der Waals surface area contributed by atoms with Crippen molar-refractivity contribution in [3.8, 4) is 0 Å². The van der Waals surface area contributed by atoms with Crippen LogP contribution in [0.2, 0.25) is 0 Å². The number of benzene rings is 1. The van der Waals surface area contributed by atoms with Crippen LogP contribution < -0.4 is 34.7 Å². The fraction of sp³-hybridized carbons (Fsp3) is 0.429. The average molecular weight is 350 g/mol. The third kappa shape index (κ3) is 8.08. The third-order valence-electron chi connectivity index (χ3n) is 2.21. The molecule has 0 unspecified atom stereocenters. The summed E-state index contributed by atoms with van der Waals surface area (Å²) >= 11 is 1.91. The van der Waals surface area contributed by atoms with Crippen molar-refractivity contribution in [1.29, 1.82) is 0 Å². The van der Waals surface area contributed by atoms with Gasteiger partial charge in [-0.25, -0.2) is 0 Å². The molecule has 0 amide bonds. The minimum Gasteiger partial charge on any atom is 1.00 e. The van der Waals surface area contributed by atoms with Gasteiger partial charge in [0.1, 0.15) is 0 Å². The van der Waals surface area contributed by atoms with Crippen LogP contribution in [0.3, 0.4) is 0 Å². The Balaban J connectivity index is 0.00000361. The fourth-order valence-electron chi connectivity index (χ4n) is 1.44. The van der Waals surface area contributed by atoms with E-state index in [-0.39, 0.29) is 34.2 Å². The molecule has 0 aliphatic rings. The number of hydrogen-bond acceptors (Lipinski definition) is 4. The molecule has 0 heterocycles. The first-order chi connectivity index (χ1) is 8.78. The van der Waals surface area contributed by atoms with E-state index in [2.05, 4.69) is 4.99 Å². The monoisotopic (exact) mass is 351 g/mol. The zero-order valence-corrected chi connectivity index (χ0v) is 16.2. The van der Waals surface area contributed by atoms with Gasteiger partial charge in [0.15, 0.2) is 0 Å². The van der Waals surface area contributed by atoms with Gasteiger partial charge >= 0.3 is 151 Å². The molecule has 4 nitrogen and oxygen atoms in total. The molecule has 1 rings (SSSR count). The molecule has 0 bridgehead atoms. The topological polar surface area (TPSA) is 61.7 Å². The molecule has 1 atom stereocenters. The molecule has 0 aromatic heterocycles. The molecule has 0 fully saturated rings. The van der Waals surface area contributed by atoms with Crippen LogP contribution in [0.15, 0.2) is 35.3 Å². The molecule has 20 heavy (non-hydrogen) atoms. The number of carbonyl (C=O) groups excluding carboxylic acids is 1. The maximum atomic E-state index is 11.6. The van der Waals surface area contributed by atoms with Crippen molar-refractivity contribution in [3.63, 3.8) is 0 Å². The standard InChI is InChI=1S/C14H19NO3Se.Na/c1-14(2,3)18-13(17)15-11(12(16)19)9-10-7-5-4-6-8-10;/h4-8,11H,9H2,1-3H3,(H,15,17)(H,16,19);/q;+1/p-1/t11-;/m1./s1. The Kier molecular flexibility index (Phi) is 8.71. The zero-order chi connectivity index (χ0) is 14.5. The normalized spacial score (nSPS) is 13.3. The van der Waals surface area contributed by atoms with Crippen molar-refractivity contribution < 1.29 is 44.2 Å². The number of rotatable bonds is 4. The van der Waals surface area contributed by atoms with Gasteiger partial charge in [-0.05, 0) is 0 Å². The first-order valence-corrected chi connectivity index (χ1v) is 6.92. The van der Waals surface area contributed by atoms with Crippen LogP contribution in [-0.4, -0.2) is 38.4 Å². The van der Waals surface area contributed by atoms with Gasteiger partial charge in [-0.2, -0.15) is 0 Å². The van der Waals surface area contributed by atoms with Crippen LogP contribution in [-0.2, 0) is 16.0 Å². The van der Waals surface area contributed by atoms with Gasteiger partial charge < -0.3 is 0 Å². The van der Waals surface area contributed by atoms with Crippen molar-refractivity contribution in [2.45, 2.75) is 38.8 Å². The SMILES string of the molecule is CC(C)(C)OC([O-])=N[C@H](Cc1ccccc1)C(=O)[SeH].[Na+]. The molecule has 1 aromatic rings. The molecule has 6 heteroatoms. The Morgan fingerprint density at radius 1 is 1.35 bits per heavy atom. The van der Waals surface area contributed by atoms with Crippen LogP contribution in [0.4, 0.5) is 0 Å². The summed E-state index contributed by atoms with van der Waals surface area (Å²) in [5.41, 5.74) is 0.350. The van der Waals surface area contributed by atoms with Crippen LogP contribution in [0.5, 0.6) is 0 Å². The van der Waals surface area contributed by atoms with Crippen molar-refractivity contribution >= 4 is 26.8 Å². The van der Waals surface area contributed by atoms with Gasteiger partial charge in [0.25, 0.3) is 0 Å². The van der Waals surface area contributed by atoms with Gasteiger partial charge in [0.05, 0.1) is 0 Å². The van der Waals surface area contributed by atoms with Crippen molar-refractivity contribution in [3.05, 3.63) is 35.9 Å². The van der Waals surface area contributed by atoms with Gasteiger partial charge in [-0.15, -0.1) is 0 Å². The Morgan fingerprint density at radius 2 is 1.90 bits per heavy atom. The summed E-state index contributed by atoms with van der Waals surface area (Å²) in [4.78, 5) is 15.4. The van der Waals surface area contributed by atoms with Crippen molar-refractivity contribution in [2.24, 2.45) is 4.99 Å². The fourth-order valence-corrected chi connectivity index (χ4v) is 1.75. The van der Waals surface area contributed by atoms with E-state index in [1.54, 1.807) is 20.8 Å². The average Bonchev–Trinajstić information content (AvgIpc) is 2.26. The quantitative estimate of drug-likeness (QED) is 0.344. The Labute approximate surface area is 150 Å². The summed E-state index contributed by atoms with van der Waals surface area (Å²) in [6.45, 7) is 5.28. The Bertz CT molecular complexity index is 457. The van der Waals surface area contributed by atoms with E-state index < -0.39 is 17.7 Å². The van der Waals surface area contributed by atoms with E-state index in [1.807, 2.05) is 46.3 Å². The first kappa shape index (κ1) is 19.7. The molecule has 1 aromatic carbocycles. The zero-order valence-electron chi connectivity index (χ0n) is 12.3. The van der Waals surface area contributed by atoms with E-state index in [4.69, 9.17) is 4.74 Å². The van der Waals surface area contributed by atoms with E-state index in [0.29, 0.717) is 6.42 Å². The number of hydrogen-bond donors (Lipinski definition) is 0. The largest absolute Gasteiger partial charge is 1.00 e. The maximum Gasteiger partial charge on any atom is 1.00 e. The van der Waals surface area contributed by atoms with E-state index in [0.717, 1.165) is 5.56 Å². The molecule has 0 spiro atoms. The minimum absolute atomic E-state index is 0. The number of carbonyl (C=O) groups is 1. The number of ether oxygens (including phenoxy) is 1. The van der Waals surface area contributed by atoms with Gasteiger partial charge in [-0.3, -0.25) is 0 Å². The molecular weight excluding hydrogens is 332 g/mol. The smallest absolute Gasteiger partial charge is 1.00 e. The van der Waals surface area contributed by atoms with Crippen molar-refractivity contribution in [2.75, 3.05) is 0 Å². The van der Waals surface area contributed by atoms with Crippen LogP contribution in [0.1, 0.15) is 26.3 Å². The predicted molar refractivity (Wildman–Crippen MR) is 74.4 cm³/mol. The van der Waals surface area contributed by atoms with Gasteiger partial charge in [-0.1, -0.05) is 0 Å². The van der Waals surface area contributed by atoms with Crippen LogP contribution >= 0.6 is 0 Å². The van der Waals surface area contributed by atoms with Crippen LogP contribution in [0, 0.1) is 0 Å².